The molecule has 1 saturated heterocycles. The molecule has 4 heteroatoms. The maximum atomic E-state index is 13.3. The van der Waals surface area contributed by atoms with Crippen LogP contribution in [0, 0.1) is 34.5 Å². The Morgan fingerprint density at radius 2 is 1.93 bits per heavy atom. The Hall–Kier alpha value is -1.16. The summed E-state index contributed by atoms with van der Waals surface area (Å²) in [5.41, 5.74) is 1.68. The third-order valence-electron chi connectivity index (χ3n) is 9.27. The highest BCUT2D eigenvalue weighted by Crippen LogP contribution is 2.64. The lowest BCUT2D eigenvalue weighted by Crippen LogP contribution is -2.50. The van der Waals surface area contributed by atoms with Gasteiger partial charge in [0.25, 0.3) is 0 Å². The molecule has 0 aromatic heterocycles. The van der Waals surface area contributed by atoms with E-state index in [2.05, 4.69) is 24.8 Å². The normalized spacial score (nSPS) is 47.6. The summed E-state index contributed by atoms with van der Waals surface area (Å²) >= 11 is 0. The van der Waals surface area contributed by atoms with Gasteiger partial charge in [-0.2, -0.15) is 0 Å². The second kappa shape index (κ2) is 6.42. The zero-order valence-corrected chi connectivity index (χ0v) is 17.7. The molecule has 0 radical (unpaired) electrons. The number of ketones is 1. The number of nitrogens with zero attached hydrogens (tertiary/aromatic N) is 1. The first-order valence-corrected chi connectivity index (χ1v) is 11.4. The number of fused-ring (bicyclic) bond motifs is 5. The molecule has 154 valence electrons. The van der Waals surface area contributed by atoms with E-state index < -0.39 is 0 Å². The number of ether oxygens (including phenoxy) is 1. The fraction of sp³-hybridized carbons (Fsp3) is 0.833. The molecule has 4 nitrogen and oxygen atoms in total. The molecule has 1 heterocycles. The molecule has 0 aromatic carbocycles. The Kier molecular flexibility index (Phi) is 4.32. The van der Waals surface area contributed by atoms with E-state index in [1.807, 2.05) is 0 Å². The lowest BCUT2D eigenvalue weighted by Gasteiger charge is -2.56. The molecular weight excluding hydrogens is 350 g/mol. The van der Waals surface area contributed by atoms with Gasteiger partial charge in [-0.15, -0.1) is 0 Å². The second-order valence-electron chi connectivity index (χ2n) is 10.8. The molecule has 4 fully saturated rings. The monoisotopic (exact) mass is 385 g/mol. The third kappa shape index (κ3) is 2.81. The van der Waals surface area contributed by atoms with Crippen molar-refractivity contribution in [2.45, 2.75) is 71.8 Å². The minimum Gasteiger partial charge on any atom is -0.462 e. The Labute approximate surface area is 169 Å². The molecule has 5 aliphatic rings. The van der Waals surface area contributed by atoms with Crippen molar-refractivity contribution >= 4 is 11.8 Å². The van der Waals surface area contributed by atoms with E-state index in [1.165, 1.54) is 32.0 Å². The first-order chi connectivity index (χ1) is 13.3. The van der Waals surface area contributed by atoms with E-state index in [-0.39, 0.29) is 28.8 Å². The molecule has 3 saturated carbocycles. The van der Waals surface area contributed by atoms with Crippen LogP contribution in [0.15, 0.2) is 11.6 Å². The Balaban J connectivity index is 1.38. The first-order valence-electron chi connectivity index (χ1n) is 11.4. The van der Waals surface area contributed by atoms with E-state index in [0.717, 1.165) is 45.1 Å². The molecule has 0 unspecified atom stereocenters. The molecule has 7 atom stereocenters. The van der Waals surface area contributed by atoms with Crippen LogP contribution >= 0.6 is 0 Å². The molecule has 0 amide bonds. The molecular formula is C24H35NO3. The SMILES string of the molecule is CC(=O)O[C@@H]1CC[C@@]2(C)C(=CC[C@@H]3[C@@H]2CC[C@]2(C)C(=O)[C@H](CN4CC4)C[C@@H]32)C1. The lowest BCUT2D eigenvalue weighted by atomic mass is 9.48. The van der Waals surface area contributed by atoms with Crippen LogP contribution in [0.5, 0.6) is 0 Å². The molecule has 0 aromatic rings. The molecule has 4 aliphatic carbocycles. The highest BCUT2D eigenvalue weighted by Gasteiger charge is 2.61. The van der Waals surface area contributed by atoms with E-state index >= 15 is 0 Å². The number of allylic oxidation sites excluding steroid dienone is 1. The Morgan fingerprint density at radius 3 is 2.64 bits per heavy atom. The molecule has 0 bridgehead atoms. The van der Waals surface area contributed by atoms with Gasteiger partial charge in [0.2, 0.25) is 0 Å². The van der Waals surface area contributed by atoms with Crippen molar-refractivity contribution in [1.82, 2.24) is 4.90 Å². The lowest BCUT2D eigenvalue weighted by molar-refractivity contribution is -0.148. The van der Waals surface area contributed by atoms with Crippen LogP contribution in [0.2, 0.25) is 0 Å². The fourth-order valence-electron chi connectivity index (χ4n) is 7.63. The number of carbonyl (C=O) groups is 2. The van der Waals surface area contributed by atoms with Gasteiger partial charge in [0.15, 0.2) is 0 Å². The highest BCUT2D eigenvalue weighted by atomic mass is 16.5. The summed E-state index contributed by atoms with van der Waals surface area (Å²) in [6.07, 6.45) is 10.0. The standard InChI is InChI=1S/C24H35NO3/c1-15(26)28-18-6-8-23(2)17(13-18)4-5-19-20(23)7-9-24(3)21(19)12-16(22(24)27)14-25-10-11-25/h4,16,18-21H,5-14H2,1-3H3/t16-,18+,19+,20-,21-,23-,24-/m0/s1. The quantitative estimate of drug-likeness (QED) is 0.419. The zero-order chi connectivity index (χ0) is 19.7. The van der Waals surface area contributed by atoms with Gasteiger partial charge >= 0.3 is 5.97 Å². The predicted octanol–water partition coefficient (Wildman–Crippen LogP) is 3.99. The van der Waals surface area contributed by atoms with Gasteiger partial charge in [-0.25, -0.2) is 0 Å². The van der Waals surface area contributed by atoms with Crippen molar-refractivity contribution in [2.24, 2.45) is 34.5 Å². The summed E-state index contributed by atoms with van der Waals surface area (Å²) in [5, 5.41) is 0. The summed E-state index contributed by atoms with van der Waals surface area (Å²) in [6.45, 7) is 9.65. The number of Topliss-reactive ketones (excluding diaryl/α,β-unsaturated/α-hetero) is 1. The van der Waals surface area contributed by atoms with Crippen LogP contribution < -0.4 is 0 Å². The number of hydrogen-bond donors (Lipinski definition) is 0. The van der Waals surface area contributed by atoms with Crippen molar-refractivity contribution in [2.75, 3.05) is 19.6 Å². The molecule has 28 heavy (non-hydrogen) atoms. The average molecular weight is 386 g/mol. The number of hydrogen-bond acceptors (Lipinski definition) is 4. The van der Waals surface area contributed by atoms with Gasteiger partial charge in [-0.3, -0.25) is 9.59 Å². The maximum absolute atomic E-state index is 13.3. The fourth-order valence-corrected chi connectivity index (χ4v) is 7.63. The van der Waals surface area contributed by atoms with Gasteiger partial charge in [0, 0.05) is 44.3 Å². The van der Waals surface area contributed by atoms with Crippen molar-refractivity contribution in [3.05, 3.63) is 11.6 Å². The largest absolute Gasteiger partial charge is 0.462 e. The molecule has 5 rings (SSSR count). The van der Waals surface area contributed by atoms with E-state index in [4.69, 9.17) is 4.74 Å². The summed E-state index contributed by atoms with van der Waals surface area (Å²) < 4.78 is 5.55. The van der Waals surface area contributed by atoms with Gasteiger partial charge in [0.1, 0.15) is 11.9 Å². The topological polar surface area (TPSA) is 46.4 Å². The van der Waals surface area contributed by atoms with Gasteiger partial charge in [-0.05, 0) is 61.7 Å². The van der Waals surface area contributed by atoms with Crippen LogP contribution in [0.3, 0.4) is 0 Å². The zero-order valence-electron chi connectivity index (χ0n) is 17.7. The summed E-state index contributed by atoms with van der Waals surface area (Å²) in [6, 6.07) is 0. The number of esters is 1. The Morgan fingerprint density at radius 1 is 1.18 bits per heavy atom. The second-order valence-corrected chi connectivity index (χ2v) is 10.8. The van der Waals surface area contributed by atoms with E-state index in [9.17, 15) is 9.59 Å². The van der Waals surface area contributed by atoms with Gasteiger partial charge < -0.3 is 9.64 Å². The van der Waals surface area contributed by atoms with E-state index in [0.29, 0.717) is 23.5 Å². The van der Waals surface area contributed by atoms with Crippen LogP contribution in [-0.2, 0) is 14.3 Å². The van der Waals surface area contributed by atoms with Crippen LogP contribution in [-0.4, -0.2) is 42.4 Å². The van der Waals surface area contributed by atoms with Crippen molar-refractivity contribution in [1.29, 1.82) is 0 Å². The molecule has 1 aliphatic heterocycles. The maximum Gasteiger partial charge on any atom is 0.302 e. The minimum atomic E-state index is -0.154. The first kappa shape index (κ1) is 18.8. The number of carbonyl (C=O) groups excluding carboxylic acids is 2. The van der Waals surface area contributed by atoms with Crippen LogP contribution in [0.4, 0.5) is 0 Å². The average Bonchev–Trinajstić information content (AvgIpc) is 3.42. The number of rotatable bonds is 3. The van der Waals surface area contributed by atoms with Gasteiger partial charge in [0.05, 0.1) is 0 Å². The summed E-state index contributed by atoms with van der Waals surface area (Å²) in [7, 11) is 0. The smallest absolute Gasteiger partial charge is 0.302 e. The minimum absolute atomic E-state index is 0.0623. The summed E-state index contributed by atoms with van der Waals surface area (Å²) in [5.74, 6) is 2.59. The van der Waals surface area contributed by atoms with Crippen LogP contribution in [0.1, 0.15) is 65.7 Å². The summed E-state index contributed by atoms with van der Waals surface area (Å²) in [4.78, 5) is 27.2. The van der Waals surface area contributed by atoms with E-state index in [1.54, 1.807) is 0 Å². The predicted molar refractivity (Wildman–Crippen MR) is 108 cm³/mol. The molecule has 0 N–H and O–H groups in total. The Bertz CT molecular complexity index is 725. The van der Waals surface area contributed by atoms with Gasteiger partial charge in [-0.1, -0.05) is 25.5 Å². The van der Waals surface area contributed by atoms with Crippen molar-refractivity contribution < 1.29 is 14.3 Å². The highest BCUT2D eigenvalue weighted by molar-refractivity contribution is 5.89. The van der Waals surface area contributed by atoms with Crippen LogP contribution in [0.25, 0.3) is 0 Å². The van der Waals surface area contributed by atoms with Crippen molar-refractivity contribution in [3.63, 3.8) is 0 Å². The third-order valence-corrected chi connectivity index (χ3v) is 9.27. The molecule has 0 spiro atoms. The van der Waals surface area contributed by atoms with Crippen molar-refractivity contribution in [3.8, 4) is 0 Å².